The second-order valence-electron chi connectivity index (χ2n) is 3.62. The average molecular weight is 414 g/mol. The topological polar surface area (TPSA) is 57.5 Å². The molecule has 0 spiro atoms. The van der Waals surface area contributed by atoms with Gasteiger partial charge >= 0.3 is 18.3 Å². The summed E-state index contributed by atoms with van der Waals surface area (Å²) in [5, 5.41) is 17.8. The summed E-state index contributed by atoms with van der Waals surface area (Å²) in [6.07, 6.45) is -12.8. The molecular formula is C10H5F6IO3. The van der Waals surface area contributed by atoms with E-state index in [1.54, 1.807) is 0 Å². The molecule has 20 heavy (non-hydrogen) atoms. The molecule has 2 N–H and O–H groups in total. The number of hydrogen-bond acceptors (Lipinski definition) is 2. The molecule has 112 valence electrons. The molecule has 0 aliphatic heterocycles. The summed E-state index contributed by atoms with van der Waals surface area (Å²) in [4.78, 5) is 10.6. The molecule has 1 aromatic rings. The second-order valence-corrected chi connectivity index (χ2v) is 4.70. The van der Waals surface area contributed by atoms with Gasteiger partial charge in [0.15, 0.2) is 6.10 Å². The highest BCUT2D eigenvalue weighted by atomic mass is 127. The Morgan fingerprint density at radius 3 is 1.80 bits per heavy atom. The van der Waals surface area contributed by atoms with Gasteiger partial charge in [-0.1, -0.05) is 0 Å². The molecule has 0 aromatic heterocycles. The highest BCUT2D eigenvalue weighted by molar-refractivity contribution is 14.1. The number of aliphatic hydroxyl groups excluding tert-OH is 1. The van der Waals surface area contributed by atoms with Gasteiger partial charge in [-0.05, 0) is 34.7 Å². The summed E-state index contributed by atoms with van der Waals surface area (Å²) in [7, 11) is 0. The van der Waals surface area contributed by atoms with Gasteiger partial charge in [0.25, 0.3) is 0 Å². The zero-order valence-electron chi connectivity index (χ0n) is 9.18. The van der Waals surface area contributed by atoms with Crippen LogP contribution in [-0.4, -0.2) is 16.2 Å². The van der Waals surface area contributed by atoms with Gasteiger partial charge in [0.1, 0.15) is 0 Å². The van der Waals surface area contributed by atoms with E-state index in [1.165, 1.54) is 0 Å². The van der Waals surface area contributed by atoms with Crippen molar-refractivity contribution >= 4 is 28.6 Å². The molecule has 0 radical (unpaired) electrons. The average Bonchev–Trinajstić information content (AvgIpc) is 2.24. The Morgan fingerprint density at radius 2 is 1.45 bits per heavy atom. The van der Waals surface area contributed by atoms with E-state index in [2.05, 4.69) is 0 Å². The number of aliphatic carboxylic acids is 1. The molecule has 0 saturated carbocycles. The Kier molecular flexibility index (Phi) is 4.58. The first kappa shape index (κ1) is 17.0. The molecule has 10 heteroatoms. The molecule has 1 aromatic carbocycles. The number of carboxylic acids is 1. The van der Waals surface area contributed by atoms with E-state index in [4.69, 9.17) is 5.11 Å². The zero-order chi connectivity index (χ0) is 15.9. The van der Waals surface area contributed by atoms with Gasteiger partial charge in [-0.25, -0.2) is 4.79 Å². The maximum absolute atomic E-state index is 12.7. The van der Waals surface area contributed by atoms with Crippen molar-refractivity contribution < 1.29 is 41.4 Å². The SMILES string of the molecule is O=C(O)C(O)c1c(C(F)(F)F)ccc(C(F)(F)F)c1I. The van der Waals surface area contributed by atoms with Crippen LogP contribution in [0.5, 0.6) is 0 Å². The van der Waals surface area contributed by atoms with E-state index in [9.17, 15) is 36.2 Å². The van der Waals surface area contributed by atoms with Crippen molar-refractivity contribution in [2.45, 2.75) is 18.5 Å². The molecule has 0 bridgehead atoms. The van der Waals surface area contributed by atoms with Crippen LogP contribution in [0, 0.1) is 3.57 Å². The van der Waals surface area contributed by atoms with Crippen LogP contribution >= 0.6 is 22.6 Å². The quantitative estimate of drug-likeness (QED) is 0.576. The molecular weight excluding hydrogens is 409 g/mol. The lowest BCUT2D eigenvalue weighted by Crippen LogP contribution is -2.21. The van der Waals surface area contributed by atoms with Crippen LogP contribution in [0.15, 0.2) is 12.1 Å². The van der Waals surface area contributed by atoms with Crippen molar-refractivity contribution in [3.8, 4) is 0 Å². The van der Waals surface area contributed by atoms with Gasteiger partial charge < -0.3 is 10.2 Å². The van der Waals surface area contributed by atoms with Gasteiger partial charge in [0, 0.05) is 9.13 Å². The maximum Gasteiger partial charge on any atom is 0.417 e. The van der Waals surface area contributed by atoms with E-state index in [-0.39, 0.29) is 12.1 Å². The van der Waals surface area contributed by atoms with Crippen molar-refractivity contribution in [3.63, 3.8) is 0 Å². The highest BCUT2D eigenvalue weighted by Crippen LogP contribution is 2.42. The predicted molar refractivity (Wildman–Crippen MR) is 61.8 cm³/mol. The second kappa shape index (κ2) is 5.39. The van der Waals surface area contributed by atoms with E-state index >= 15 is 0 Å². The van der Waals surface area contributed by atoms with Crippen LogP contribution in [0.1, 0.15) is 22.8 Å². The maximum atomic E-state index is 12.7. The first-order chi connectivity index (χ1) is 8.87. The molecule has 1 rings (SSSR count). The molecule has 0 aliphatic rings. The van der Waals surface area contributed by atoms with Gasteiger partial charge in [-0.3, -0.25) is 0 Å². The number of benzene rings is 1. The van der Waals surface area contributed by atoms with Crippen molar-refractivity contribution in [2.75, 3.05) is 0 Å². The van der Waals surface area contributed by atoms with Gasteiger partial charge in [-0.15, -0.1) is 0 Å². The Hall–Kier alpha value is -1.04. The molecule has 0 aliphatic carbocycles. The van der Waals surface area contributed by atoms with Crippen molar-refractivity contribution in [1.82, 2.24) is 0 Å². The number of hydrogen-bond donors (Lipinski definition) is 2. The smallest absolute Gasteiger partial charge is 0.417 e. The van der Waals surface area contributed by atoms with Gasteiger partial charge in [0.05, 0.1) is 11.1 Å². The number of halogens is 7. The predicted octanol–water partition coefficient (Wildman–Crippen LogP) is 3.45. The Bertz CT molecular complexity index is 537. The third-order valence-corrected chi connectivity index (χ3v) is 3.46. The summed E-state index contributed by atoms with van der Waals surface area (Å²) in [5.74, 6) is -2.08. The summed E-state index contributed by atoms with van der Waals surface area (Å²) < 4.78 is 74.9. The van der Waals surface area contributed by atoms with Crippen LogP contribution in [0.3, 0.4) is 0 Å². The normalized spacial score (nSPS) is 14.2. The van der Waals surface area contributed by atoms with Crippen LogP contribution < -0.4 is 0 Å². The van der Waals surface area contributed by atoms with E-state index in [0.29, 0.717) is 0 Å². The third kappa shape index (κ3) is 3.34. The van der Waals surface area contributed by atoms with E-state index in [0.717, 1.165) is 22.6 Å². The van der Waals surface area contributed by atoms with E-state index < -0.39 is 44.7 Å². The summed E-state index contributed by atoms with van der Waals surface area (Å²) in [6, 6.07) is 0.301. The van der Waals surface area contributed by atoms with Crippen LogP contribution in [0.4, 0.5) is 26.3 Å². The van der Waals surface area contributed by atoms with Crippen LogP contribution in [0.2, 0.25) is 0 Å². The lowest BCUT2D eigenvalue weighted by Gasteiger charge is -2.20. The third-order valence-electron chi connectivity index (χ3n) is 2.30. The number of aliphatic hydroxyl groups is 1. The van der Waals surface area contributed by atoms with Crippen LogP contribution in [0.25, 0.3) is 0 Å². The molecule has 0 amide bonds. The molecule has 0 fully saturated rings. The lowest BCUT2D eigenvalue weighted by molar-refractivity contribution is -0.150. The van der Waals surface area contributed by atoms with Gasteiger partial charge in [-0.2, -0.15) is 26.3 Å². The number of carboxylic acid groups (broad SMARTS) is 1. The number of alkyl halides is 6. The number of carbonyl (C=O) groups is 1. The van der Waals surface area contributed by atoms with Gasteiger partial charge in [0.2, 0.25) is 0 Å². The monoisotopic (exact) mass is 414 g/mol. The summed E-state index contributed by atoms with van der Waals surface area (Å²) >= 11 is 0.937. The number of rotatable bonds is 2. The van der Waals surface area contributed by atoms with Crippen LogP contribution in [-0.2, 0) is 17.1 Å². The lowest BCUT2D eigenvalue weighted by atomic mass is 9.98. The molecule has 1 unspecified atom stereocenters. The van der Waals surface area contributed by atoms with Crippen molar-refractivity contribution in [3.05, 3.63) is 32.4 Å². The fraction of sp³-hybridized carbons (Fsp3) is 0.300. The minimum absolute atomic E-state index is 0.104. The molecule has 3 nitrogen and oxygen atoms in total. The molecule has 1 atom stereocenters. The first-order valence-electron chi connectivity index (χ1n) is 4.75. The van der Waals surface area contributed by atoms with Crippen molar-refractivity contribution in [2.24, 2.45) is 0 Å². The zero-order valence-corrected chi connectivity index (χ0v) is 11.3. The Morgan fingerprint density at radius 1 is 1.05 bits per heavy atom. The highest BCUT2D eigenvalue weighted by Gasteiger charge is 2.42. The largest absolute Gasteiger partial charge is 0.479 e. The van der Waals surface area contributed by atoms with E-state index in [1.807, 2.05) is 0 Å². The van der Waals surface area contributed by atoms with Crippen molar-refractivity contribution in [1.29, 1.82) is 0 Å². The Labute approximate surface area is 121 Å². The minimum Gasteiger partial charge on any atom is -0.479 e. The summed E-state index contributed by atoms with van der Waals surface area (Å²) in [6.45, 7) is 0. The first-order valence-corrected chi connectivity index (χ1v) is 5.83. The summed E-state index contributed by atoms with van der Waals surface area (Å²) in [5.41, 5.74) is -4.38. The fourth-order valence-electron chi connectivity index (χ4n) is 1.45. The minimum atomic E-state index is -5.09. The molecule has 0 saturated heterocycles. The molecule has 0 heterocycles. The fourth-order valence-corrected chi connectivity index (χ4v) is 2.52. The Balaban J connectivity index is 3.68. The standard InChI is InChI=1S/C10H5F6IO3/c11-9(12,13)3-1-2-4(10(14,15)16)6(17)5(3)7(18)8(19)20/h1-2,7,18H,(H,19,20).